The molecule has 0 saturated heterocycles. The number of pyridine rings is 3. The quantitative estimate of drug-likeness (QED) is 0.158. The maximum Gasteiger partial charge on any atom is 0.216 e. The van der Waals surface area contributed by atoms with Crippen LogP contribution in [0, 0.1) is 19.1 Å². The Hall–Kier alpha value is -5.22. The molecule has 4 aromatic carbocycles. The van der Waals surface area contributed by atoms with Gasteiger partial charge in [-0.25, -0.2) is 4.98 Å². The van der Waals surface area contributed by atoms with Gasteiger partial charge in [0, 0.05) is 43.6 Å². The van der Waals surface area contributed by atoms with Crippen molar-refractivity contribution >= 4 is 22.1 Å². The number of hydrogen-bond acceptors (Lipinski definition) is 4. The van der Waals surface area contributed by atoms with Crippen LogP contribution in [0.1, 0.15) is 16.8 Å². The van der Waals surface area contributed by atoms with Gasteiger partial charge in [-0.05, 0) is 77.7 Å². The van der Waals surface area contributed by atoms with Crippen molar-refractivity contribution in [1.82, 2.24) is 15.0 Å². The molecule has 47 heavy (non-hydrogen) atoms. The zero-order chi connectivity index (χ0) is 31.1. The van der Waals surface area contributed by atoms with Gasteiger partial charge in [-0.3, -0.25) is 0 Å². The zero-order valence-electron chi connectivity index (χ0n) is 25.9. The number of aromatic nitrogens is 3. The molecule has 8 aromatic rings. The second kappa shape index (κ2) is 14.9. The van der Waals surface area contributed by atoms with Crippen molar-refractivity contribution in [3.8, 4) is 33.6 Å². The number of aryl methyl sites for hydroxylation is 3. The van der Waals surface area contributed by atoms with Crippen LogP contribution >= 0.6 is 0 Å². The molecule has 4 aromatic heterocycles. The van der Waals surface area contributed by atoms with Crippen LogP contribution in [0.3, 0.4) is 0 Å². The fourth-order valence-corrected chi connectivity index (χ4v) is 5.61. The molecule has 0 fully saturated rings. The van der Waals surface area contributed by atoms with Gasteiger partial charge in [0.15, 0.2) is 0 Å². The monoisotopic (exact) mass is 786 g/mol. The normalized spacial score (nSPS) is 10.7. The molecule has 231 valence electrons. The van der Waals surface area contributed by atoms with Crippen molar-refractivity contribution in [3.63, 3.8) is 0 Å². The molecule has 4 heterocycles. The maximum atomic E-state index is 6.32. The van der Waals surface area contributed by atoms with E-state index in [2.05, 4.69) is 95.8 Å². The van der Waals surface area contributed by atoms with Gasteiger partial charge in [0.1, 0.15) is 0 Å². The molecule has 0 aliphatic carbocycles. The molecule has 4 nitrogen and oxygen atoms in total. The van der Waals surface area contributed by atoms with Gasteiger partial charge < -0.3 is 14.4 Å². The van der Waals surface area contributed by atoms with Crippen LogP contribution in [0.5, 0.6) is 0 Å². The molecule has 1 radical (unpaired) electrons. The van der Waals surface area contributed by atoms with Crippen molar-refractivity contribution in [2.45, 2.75) is 19.8 Å². The number of hydrogen-bond donors (Lipinski definition) is 0. The van der Waals surface area contributed by atoms with E-state index in [0.29, 0.717) is 5.71 Å². The summed E-state index contributed by atoms with van der Waals surface area (Å²) in [6.45, 7) is 2.13. The molecule has 8 rings (SSSR count). The molecule has 5 heteroatoms. The summed E-state index contributed by atoms with van der Waals surface area (Å²) in [5.41, 5.74) is 11.1. The summed E-state index contributed by atoms with van der Waals surface area (Å²) in [7, 11) is 0. The summed E-state index contributed by atoms with van der Waals surface area (Å²) in [6, 6.07) is 51.4. The number of nitrogens with zero attached hydrogens (tertiary/aromatic N) is 3. The predicted octanol–water partition coefficient (Wildman–Crippen LogP) is 10.2. The van der Waals surface area contributed by atoms with Crippen LogP contribution in [0.25, 0.3) is 55.7 Å². The number of fused-ring (bicyclic) bond motifs is 3. The molecule has 0 N–H and O–H groups in total. The molecule has 0 saturated carbocycles. The van der Waals surface area contributed by atoms with Crippen molar-refractivity contribution in [2.75, 3.05) is 0 Å². The van der Waals surface area contributed by atoms with Crippen LogP contribution in [-0.4, -0.2) is 15.0 Å². The summed E-state index contributed by atoms with van der Waals surface area (Å²) < 4.78 is 6.32. The summed E-state index contributed by atoms with van der Waals surface area (Å²) in [4.78, 5) is 13.7. The number of rotatable bonds is 6. The zero-order valence-corrected chi connectivity index (χ0v) is 28.2. The number of furan rings is 1. The molecule has 0 aliphatic heterocycles. The third-order valence-electron chi connectivity index (χ3n) is 7.99. The van der Waals surface area contributed by atoms with Crippen LogP contribution < -0.4 is 0 Å². The largest absolute Gasteiger partial charge is 0.486 e. The van der Waals surface area contributed by atoms with E-state index in [4.69, 9.17) is 9.40 Å². The van der Waals surface area contributed by atoms with E-state index in [1.807, 2.05) is 72.9 Å². The molecule has 0 aliphatic rings. The summed E-state index contributed by atoms with van der Waals surface area (Å²) >= 11 is 0. The first-order valence-corrected chi connectivity index (χ1v) is 15.4. The van der Waals surface area contributed by atoms with Crippen LogP contribution in [0.4, 0.5) is 0 Å². The first-order chi connectivity index (χ1) is 22.7. The summed E-state index contributed by atoms with van der Waals surface area (Å²) in [5.74, 6) is 0. The second-order valence-electron chi connectivity index (χ2n) is 11.1. The minimum Gasteiger partial charge on any atom is -0.486 e. The van der Waals surface area contributed by atoms with E-state index in [9.17, 15) is 0 Å². The fourth-order valence-electron chi connectivity index (χ4n) is 5.61. The van der Waals surface area contributed by atoms with Crippen molar-refractivity contribution in [1.29, 1.82) is 0 Å². The minimum absolute atomic E-state index is 0. The molecule has 0 unspecified atom stereocenters. The van der Waals surface area contributed by atoms with E-state index < -0.39 is 0 Å². The molecule has 0 spiro atoms. The Morgan fingerprint density at radius 1 is 0.638 bits per heavy atom. The Morgan fingerprint density at radius 3 is 2.26 bits per heavy atom. The van der Waals surface area contributed by atoms with Gasteiger partial charge in [-0.1, -0.05) is 83.7 Å². The molecule has 0 atom stereocenters. The maximum absolute atomic E-state index is 6.32. The van der Waals surface area contributed by atoms with Gasteiger partial charge in [-0.2, -0.15) is 0 Å². The molecule has 0 bridgehead atoms. The van der Waals surface area contributed by atoms with Gasteiger partial charge >= 0.3 is 0 Å². The Morgan fingerprint density at radius 2 is 1.45 bits per heavy atom. The van der Waals surface area contributed by atoms with E-state index in [0.717, 1.165) is 63.0 Å². The van der Waals surface area contributed by atoms with E-state index >= 15 is 0 Å². The predicted molar refractivity (Wildman–Crippen MR) is 186 cm³/mol. The Bertz CT molecular complexity index is 2180. The number of benzene rings is 4. The fraction of sp³-hybridized carbons (Fsp3) is 0.0714. The standard InChI is InChI=1S/C31H23N2O.C11H8N.Ir/c1-21-8-5-6-11-25(21)23-18-19-32-29(20-23)28-13-7-12-26-27-17-16-24(33-31(27)34-30(26)28)15-14-22-9-3-2-4-10-22;1-2-6-10(7-3-1)11-8-4-5-9-12-11;/h2-12,16-20H,14-15H2,1H3;1-6,8-9H;/q2*-1;. The topological polar surface area (TPSA) is 51.8 Å². The molecular formula is C42H31IrN3O-2. The minimum atomic E-state index is 0. The SMILES string of the molecule is Cc1ccccc1-c1ccnc(-c2[c-]ccc3c2oc2nc(CCc4ccccc4)ccc23)c1.[Ir].[c-]1ccccc1-c1ccccn1. The molecular weight excluding hydrogens is 755 g/mol. The first-order valence-electron chi connectivity index (χ1n) is 15.4. The Kier molecular flexibility index (Phi) is 10.1. The van der Waals surface area contributed by atoms with Crippen LogP contribution in [0.2, 0.25) is 0 Å². The van der Waals surface area contributed by atoms with Crippen LogP contribution in [-0.2, 0) is 32.9 Å². The van der Waals surface area contributed by atoms with Gasteiger partial charge in [0.25, 0.3) is 0 Å². The van der Waals surface area contributed by atoms with Gasteiger partial charge in [-0.15, -0.1) is 54.1 Å². The third kappa shape index (κ3) is 7.28. The van der Waals surface area contributed by atoms with Crippen molar-refractivity contribution in [3.05, 3.63) is 175 Å². The summed E-state index contributed by atoms with van der Waals surface area (Å²) in [6.07, 6.45) is 5.47. The van der Waals surface area contributed by atoms with E-state index in [-0.39, 0.29) is 20.1 Å². The Balaban J connectivity index is 0.000000250. The smallest absolute Gasteiger partial charge is 0.216 e. The second-order valence-corrected chi connectivity index (χ2v) is 11.1. The average Bonchev–Trinajstić information content (AvgIpc) is 3.51. The van der Waals surface area contributed by atoms with E-state index in [1.165, 1.54) is 16.7 Å². The van der Waals surface area contributed by atoms with E-state index in [1.54, 1.807) is 6.20 Å². The van der Waals surface area contributed by atoms with Gasteiger partial charge in [0.05, 0.1) is 5.58 Å². The third-order valence-corrected chi connectivity index (χ3v) is 7.99. The molecule has 0 amide bonds. The average molecular weight is 786 g/mol. The first kappa shape index (κ1) is 31.7. The van der Waals surface area contributed by atoms with Crippen LogP contribution in [0.15, 0.2) is 150 Å². The Labute approximate surface area is 288 Å². The van der Waals surface area contributed by atoms with Crippen molar-refractivity contribution in [2.24, 2.45) is 0 Å². The van der Waals surface area contributed by atoms with Crippen molar-refractivity contribution < 1.29 is 24.5 Å². The summed E-state index contributed by atoms with van der Waals surface area (Å²) in [5, 5.41) is 2.05. The van der Waals surface area contributed by atoms with Gasteiger partial charge in [0.2, 0.25) is 5.71 Å².